The summed E-state index contributed by atoms with van der Waals surface area (Å²) in [7, 11) is 0. The molecule has 0 aromatic carbocycles. The van der Waals surface area contributed by atoms with Crippen molar-refractivity contribution >= 4 is 0 Å². The third-order valence-corrected chi connectivity index (χ3v) is 2.34. The van der Waals surface area contributed by atoms with Crippen LogP contribution in [0.15, 0.2) is 24.7 Å². The van der Waals surface area contributed by atoms with Crippen molar-refractivity contribution in [3.63, 3.8) is 0 Å². The molecular formula is C11H8F4N4. The predicted octanol–water partition coefficient (Wildman–Crippen LogP) is 2.16. The first-order chi connectivity index (χ1) is 8.91. The molecule has 4 nitrogen and oxygen atoms in total. The molecule has 2 heterocycles. The average molecular weight is 272 g/mol. The molecular weight excluding hydrogens is 264 g/mol. The molecule has 2 N–H and O–H groups in total. The lowest BCUT2D eigenvalue weighted by Crippen LogP contribution is -2.08. The van der Waals surface area contributed by atoms with Gasteiger partial charge in [0.1, 0.15) is 0 Å². The third-order valence-electron chi connectivity index (χ3n) is 2.34. The van der Waals surface area contributed by atoms with E-state index < -0.39 is 17.7 Å². The van der Waals surface area contributed by atoms with Crippen LogP contribution < -0.4 is 5.73 Å². The second kappa shape index (κ2) is 4.88. The molecule has 2 rings (SSSR count). The Balaban J connectivity index is 2.42. The number of nitrogens with zero attached hydrogens (tertiary/aromatic N) is 3. The van der Waals surface area contributed by atoms with Gasteiger partial charge in [-0.05, 0) is 6.07 Å². The summed E-state index contributed by atoms with van der Waals surface area (Å²) in [6.07, 6.45) is -2.22. The van der Waals surface area contributed by atoms with E-state index in [9.17, 15) is 17.6 Å². The zero-order valence-electron chi connectivity index (χ0n) is 9.45. The number of nitrogens with two attached hydrogens (primary N) is 1. The fraction of sp³-hybridized carbons (Fsp3) is 0.182. The Morgan fingerprint density at radius 1 is 1.05 bits per heavy atom. The number of alkyl halides is 3. The molecule has 0 aliphatic carbocycles. The van der Waals surface area contributed by atoms with Gasteiger partial charge in [0.15, 0.2) is 11.5 Å². The molecule has 0 spiro atoms. The molecule has 0 unspecified atom stereocenters. The molecule has 0 amide bonds. The van der Waals surface area contributed by atoms with Crippen LogP contribution in [0.1, 0.15) is 11.4 Å². The van der Waals surface area contributed by atoms with Crippen LogP contribution in [0.2, 0.25) is 0 Å². The van der Waals surface area contributed by atoms with Crippen molar-refractivity contribution in [2.24, 2.45) is 5.73 Å². The topological polar surface area (TPSA) is 64.7 Å². The average Bonchev–Trinajstić information content (AvgIpc) is 2.38. The summed E-state index contributed by atoms with van der Waals surface area (Å²) in [6.45, 7) is 0.0847. The Morgan fingerprint density at radius 3 is 2.32 bits per heavy atom. The molecule has 0 saturated heterocycles. The van der Waals surface area contributed by atoms with Gasteiger partial charge in [0.25, 0.3) is 0 Å². The summed E-state index contributed by atoms with van der Waals surface area (Å²) < 4.78 is 50.5. The lowest BCUT2D eigenvalue weighted by molar-refractivity contribution is -0.141. The summed E-state index contributed by atoms with van der Waals surface area (Å²) in [4.78, 5) is 10.5. The van der Waals surface area contributed by atoms with Gasteiger partial charge in [-0.3, -0.25) is 9.97 Å². The molecule has 0 atom stereocenters. The highest BCUT2D eigenvalue weighted by Gasteiger charge is 2.32. The maximum Gasteiger partial charge on any atom is 0.434 e. The minimum atomic E-state index is -4.58. The highest BCUT2D eigenvalue weighted by molar-refractivity contribution is 5.58. The maximum atomic E-state index is 13.5. The zero-order chi connectivity index (χ0) is 14.0. The molecule has 2 aromatic heterocycles. The Kier molecular flexibility index (Phi) is 3.43. The van der Waals surface area contributed by atoms with E-state index in [2.05, 4.69) is 15.0 Å². The van der Waals surface area contributed by atoms with E-state index >= 15 is 0 Å². The molecule has 2 aromatic rings. The normalized spacial score (nSPS) is 11.6. The largest absolute Gasteiger partial charge is 0.434 e. The van der Waals surface area contributed by atoms with E-state index in [1.165, 1.54) is 6.07 Å². The number of hydrogen-bond acceptors (Lipinski definition) is 4. The highest BCUT2D eigenvalue weighted by atomic mass is 19.4. The number of pyridine rings is 1. The minimum Gasteiger partial charge on any atom is -0.325 e. The minimum absolute atomic E-state index is 0.0108. The Hall–Kier alpha value is -2.09. The number of aromatic nitrogens is 3. The summed E-state index contributed by atoms with van der Waals surface area (Å²) in [5.41, 5.74) is 4.62. The monoisotopic (exact) mass is 272 g/mol. The molecule has 0 radical (unpaired) electrons. The van der Waals surface area contributed by atoms with Gasteiger partial charge in [-0.1, -0.05) is 0 Å². The van der Waals surface area contributed by atoms with Crippen LogP contribution in [0.3, 0.4) is 0 Å². The van der Waals surface area contributed by atoms with Crippen molar-refractivity contribution in [2.75, 3.05) is 0 Å². The fourth-order valence-corrected chi connectivity index (χ4v) is 1.40. The number of halogens is 4. The van der Waals surface area contributed by atoms with E-state index in [1.807, 2.05) is 0 Å². The van der Waals surface area contributed by atoms with Gasteiger partial charge in [0.2, 0.25) is 0 Å². The first kappa shape index (κ1) is 13.3. The van der Waals surface area contributed by atoms with E-state index in [-0.39, 0.29) is 17.8 Å². The highest BCUT2D eigenvalue weighted by Crippen LogP contribution is 2.28. The first-order valence-electron chi connectivity index (χ1n) is 5.16. The van der Waals surface area contributed by atoms with E-state index in [4.69, 9.17) is 5.73 Å². The van der Waals surface area contributed by atoms with Crippen molar-refractivity contribution in [3.8, 4) is 11.3 Å². The Morgan fingerprint density at radius 2 is 1.79 bits per heavy atom. The molecule has 100 valence electrons. The third kappa shape index (κ3) is 2.84. The van der Waals surface area contributed by atoms with Crippen molar-refractivity contribution in [3.05, 3.63) is 41.9 Å². The van der Waals surface area contributed by atoms with Crippen LogP contribution in [0.4, 0.5) is 17.6 Å². The zero-order valence-corrected chi connectivity index (χ0v) is 9.45. The number of rotatable bonds is 2. The smallest absolute Gasteiger partial charge is 0.325 e. The van der Waals surface area contributed by atoms with Gasteiger partial charge in [-0.15, -0.1) is 0 Å². The molecule has 0 aliphatic rings. The van der Waals surface area contributed by atoms with E-state index in [1.54, 1.807) is 0 Å². The van der Waals surface area contributed by atoms with Gasteiger partial charge in [-0.2, -0.15) is 13.2 Å². The number of hydrogen-bond donors (Lipinski definition) is 1. The van der Waals surface area contributed by atoms with Crippen molar-refractivity contribution in [2.45, 2.75) is 12.7 Å². The molecule has 0 aliphatic heterocycles. The summed E-state index contributed by atoms with van der Waals surface area (Å²) in [5, 5.41) is 0. The van der Waals surface area contributed by atoms with Crippen LogP contribution in [-0.2, 0) is 12.7 Å². The SMILES string of the molecule is NCc1cc(-c2cnc(C(F)(F)F)cn2)c(F)cn1. The molecule has 0 bridgehead atoms. The van der Waals surface area contributed by atoms with Gasteiger partial charge < -0.3 is 5.73 Å². The van der Waals surface area contributed by atoms with Crippen LogP contribution in [0, 0.1) is 5.82 Å². The quantitative estimate of drug-likeness (QED) is 0.851. The van der Waals surface area contributed by atoms with Gasteiger partial charge in [0.05, 0.1) is 30.0 Å². The summed E-state index contributed by atoms with van der Waals surface area (Å²) >= 11 is 0. The van der Waals surface area contributed by atoms with Crippen molar-refractivity contribution in [1.82, 2.24) is 15.0 Å². The van der Waals surface area contributed by atoms with E-state index in [0.29, 0.717) is 11.9 Å². The van der Waals surface area contributed by atoms with Crippen LogP contribution in [0.25, 0.3) is 11.3 Å². The molecule has 0 saturated carbocycles. The molecule has 8 heteroatoms. The molecule has 19 heavy (non-hydrogen) atoms. The summed E-state index contributed by atoms with van der Waals surface area (Å²) in [6, 6.07) is 1.33. The van der Waals surface area contributed by atoms with Crippen molar-refractivity contribution in [1.29, 1.82) is 0 Å². The second-order valence-corrected chi connectivity index (χ2v) is 3.64. The lowest BCUT2D eigenvalue weighted by atomic mass is 10.1. The van der Waals surface area contributed by atoms with Crippen molar-refractivity contribution < 1.29 is 17.6 Å². The van der Waals surface area contributed by atoms with Crippen LogP contribution >= 0.6 is 0 Å². The maximum absolute atomic E-state index is 13.5. The second-order valence-electron chi connectivity index (χ2n) is 3.64. The first-order valence-corrected chi connectivity index (χ1v) is 5.16. The van der Waals surface area contributed by atoms with Gasteiger partial charge >= 0.3 is 6.18 Å². The lowest BCUT2D eigenvalue weighted by Gasteiger charge is -2.07. The van der Waals surface area contributed by atoms with Crippen LogP contribution in [-0.4, -0.2) is 15.0 Å². The fourth-order valence-electron chi connectivity index (χ4n) is 1.40. The standard InChI is InChI=1S/C11H8F4N4/c12-8-3-17-6(2-16)1-7(8)9-4-19-10(5-18-9)11(13,14)15/h1,3-5H,2,16H2. The predicted molar refractivity (Wildman–Crippen MR) is 58.1 cm³/mol. The van der Waals surface area contributed by atoms with Crippen LogP contribution in [0.5, 0.6) is 0 Å². The van der Waals surface area contributed by atoms with E-state index in [0.717, 1.165) is 12.4 Å². The Labute approximate surface area is 105 Å². The molecule has 0 fully saturated rings. The van der Waals surface area contributed by atoms with Gasteiger partial charge in [-0.25, -0.2) is 9.37 Å². The Bertz CT molecular complexity index is 580. The summed E-state index contributed by atoms with van der Waals surface area (Å²) in [5.74, 6) is -0.703. The van der Waals surface area contributed by atoms with Gasteiger partial charge in [0, 0.05) is 12.1 Å².